The number of nitrogens with two attached hydrogens (primary N) is 2. The molecule has 0 aliphatic heterocycles. The van der Waals surface area contributed by atoms with Gasteiger partial charge >= 0.3 is 0 Å². The summed E-state index contributed by atoms with van der Waals surface area (Å²) in [4.78, 5) is 45.3. The third-order valence-corrected chi connectivity index (χ3v) is 5.68. The number of azo groups is 1. The number of nitrogens with one attached hydrogen (secondary N) is 1. The summed E-state index contributed by atoms with van der Waals surface area (Å²) in [5.41, 5.74) is 10.9. The number of anilines is 1. The number of carbonyl (C=O) groups is 3. The Hall–Kier alpha value is -5.98. The highest BCUT2D eigenvalue weighted by atomic mass is 16.3. The minimum absolute atomic E-state index is 0.0569. The molecule has 0 atom stereocenters. The monoisotopic (exact) mass is 521 g/mol. The molecular weight excluding hydrogens is 502 g/mol. The second-order valence-electron chi connectivity index (χ2n) is 8.11. The van der Waals surface area contributed by atoms with Crippen LogP contribution in [0.4, 0.5) is 17.2 Å². The molecule has 0 unspecified atom stereocenters. The number of fused-ring (bicyclic) bond motifs is 1. The molecule has 13 heteroatoms. The fourth-order valence-electron chi connectivity index (χ4n) is 3.84. The number of nitrogens with zero attached hydrogens (tertiary/aromatic N) is 6. The highest BCUT2D eigenvalue weighted by Crippen LogP contribution is 2.40. The van der Waals surface area contributed by atoms with Gasteiger partial charge in [-0.25, -0.2) is 9.97 Å². The molecule has 13 nitrogen and oxygen atoms in total. The zero-order chi connectivity index (χ0) is 27.5. The van der Waals surface area contributed by atoms with Gasteiger partial charge in [0.1, 0.15) is 11.3 Å². The number of primary amides is 2. The molecule has 6 N–H and O–H groups in total. The Labute approximate surface area is 219 Å². The quantitative estimate of drug-likeness (QED) is 0.235. The summed E-state index contributed by atoms with van der Waals surface area (Å²) in [7, 11) is 0. The van der Waals surface area contributed by atoms with Crippen LogP contribution in [0.2, 0.25) is 0 Å². The van der Waals surface area contributed by atoms with Gasteiger partial charge in [0.2, 0.25) is 0 Å². The Morgan fingerprint density at radius 2 is 1.54 bits per heavy atom. The largest absolute Gasteiger partial charge is 0.505 e. The molecule has 0 aliphatic carbocycles. The second kappa shape index (κ2) is 10.2. The van der Waals surface area contributed by atoms with Crippen LogP contribution in [-0.4, -0.2) is 42.6 Å². The van der Waals surface area contributed by atoms with E-state index in [1.54, 1.807) is 42.5 Å². The average Bonchev–Trinajstić information content (AvgIpc) is 3.37. The van der Waals surface area contributed by atoms with Crippen LogP contribution in [0.3, 0.4) is 0 Å². The minimum Gasteiger partial charge on any atom is -0.505 e. The summed E-state index contributed by atoms with van der Waals surface area (Å²) in [6, 6.07) is 16.2. The van der Waals surface area contributed by atoms with E-state index in [1.807, 2.05) is 0 Å². The molecule has 2 heterocycles. The Morgan fingerprint density at radius 1 is 0.846 bits per heavy atom. The molecule has 0 fully saturated rings. The number of rotatable bonds is 7. The van der Waals surface area contributed by atoms with Crippen molar-refractivity contribution in [3.63, 3.8) is 0 Å². The summed E-state index contributed by atoms with van der Waals surface area (Å²) in [6.07, 6.45) is 4.16. The average molecular weight is 521 g/mol. The number of hydrogen-bond acceptors (Lipinski definition) is 9. The highest BCUT2D eigenvalue weighted by Gasteiger charge is 2.22. The molecular formula is C26H19N9O4. The maximum atomic E-state index is 13.2. The van der Waals surface area contributed by atoms with E-state index in [2.05, 4.69) is 30.6 Å². The van der Waals surface area contributed by atoms with E-state index < -0.39 is 23.5 Å². The van der Waals surface area contributed by atoms with E-state index in [1.165, 1.54) is 41.5 Å². The first-order valence-corrected chi connectivity index (χ1v) is 11.4. The van der Waals surface area contributed by atoms with Gasteiger partial charge in [0.25, 0.3) is 23.7 Å². The third kappa shape index (κ3) is 4.74. The van der Waals surface area contributed by atoms with Crippen molar-refractivity contribution < 1.29 is 19.5 Å². The molecule has 0 saturated heterocycles. The smallest absolute Gasteiger partial charge is 0.259 e. The van der Waals surface area contributed by atoms with E-state index in [4.69, 9.17) is 11.5 Å². The standard InChI is InChI=1S/C26H19N9O4/c27-22(37)16-8-3-4-9-19(16)32-25(39)17-12-14-6-1-2-7-15(14)20(21(17)36)33-34-24-18(23(28)38)13-31-35(24)26-29-10-5-11-30-26/h1-13,36H,(H2,27,37)(H2,28,38)(H,32,39). The van der Waals surface area contributed by atoms with Crippen molar-refractivity contribution in [2.24, 2.45) is 21.7 Å². The number of aromatic hydroxyl groups is 1. The maximum Gasteiger partial charge on any atom is 0.259 e. The van der Waals surface area contributed by atoms with Crippen molar-refractivity contribution in [2.45, 2.75) is 0 Å². The van der Waals surface area contributed by atoms with Gasteiger partial charge in [0.15, 0.2) is 11.6 Å². The van der Waals surface area contributed by atoms with E-state index in [-0.39, 0.29) is 39.8 Å². The zero-order valence-corrected chi connectivity index (χ0v) is 20.0. The van der Waals surface area contributed by atoms with Gasteiger partial charge in [-0.3, -0.25) is 14.4 Å². The van der Waals surface area contributed by atoms with Gasteiger partial charge in [-0.05, 0) is 29.7 Å². The van der Waals surface area contributed by atoms with E-state index in [9.17, 15) is 19.5 Å². The Morgan fingerprint density at radius 3 is 2.28 bits per heavy atom. The van der Waals surface area contributed by atoms with Gasteiger partial charge in [0, 0.05) is 17.8 Å². The van der Waals surface area contributed by atoms with Crippen LogP contribution in [-0.2, 0) is 0 Å². The molecule has 3 amide bonds. The highest BCUT2D eigenvalue weighted by molar-refractivity contribution is 6.13. The lowest BCUT2D eigenvalue weighted by Crippen LogP contribution is -2.18. The predicted molar refractivity (Wildman–Crippen MR) is 140 cm³/mol. The van der Waals surface area contributed by atoms with Gasteiger partial charge < -0.3 is 21.9 Å². The predicted octanol–water partition coefficient (Wildman–Crippen LogP) is 3.39. The van der Waals surface area contributed by atoms with Crippen LogP contribution >= 0.6 is 0 Å². The lowest BCUT2D eigenvalue weighted by Gasteiger charge is -2.12. The van der Waals surface area contributed by atoms with Crippen molar-refractivity contribution in [1.82, 2.24) is 19.7 Å². The van der Waals surface area contributed by atoms with Gasteiger partial charge in [-0.1, -0.05) is 36.4 Å². The number of phenols is 1. The summed E-state index contributed by atoms with van der Waals surface area (Å²) in [5, 5.41) is 27.2. The summed E-state index contributed by atoms with van der Waals surface area (Å²) >= 11 is 0. The number of para-hydroxylation sites is 1. The molecule has 3 aromatic carbocycles. The van der Waals surface area contributed by atoms with Crippen LogP contribution in [0.1, 0.15) is 31.1 Å². The first-order valence-electron chi connectivity index (χ1n) is 11.4. The SMILES string of the molecule is NC(=O)c1ccccc1NC(=O)c1cc2ccccc2c(N=Nc2c(C(N)=O)cnn2-c2ncccn2)c1O. The molecule has 39 heavy (non-hydrogen) atoms. The lowest BCUT2D eigenvalue weighted by atomic mass is 10.0. The number of benzene rings is 3. The lowest BCUT2D eigenvalue weighted by molar-refractivity contribution is 0.0991. The minimum atomic E-state index is -0.818. The summed E-state index contributed by atoms with van der Waals surface area (Å²) in [5.74, 6) is -2.73. The number of phenolic OH excluding ortho intramolecular Hbond substituents is 1. The molecule has 0 radical (unpaired) electrons. The van der Waals surface area contributed by atoms with Crippen molar-refractivity contribution in [2.75, 3.05) is 5.32 Å². The number of carbonyl (C=O) groups excluding carboxylic acids is 3. The number of amides is 3. The fourth-order valence-corrected chi connectivity index (χ4v) is 3.84. The molecule has 5 aromatic rings. The summed E-state index contributed by atoms with van der Waals surface area (Å²) in [6.45, 7) is 0. The second-order valence-corrected chi connectivity index (χ2v) is 8.11. The molecule has 5 rings (SSSR count). The normalized spacial score (nSPS) is 11.1. The molecule has 192 valence electrons. The Kier molecular flexibility index (Phi) is 6.45. The molecule has 0 bridgehead atoms. The third-order valence-electron chi connectivity index (χ3n) is 5.68. The van der Waals surface area contributed by atoms with Crippen LogP contribution < -0.4 is 16.8 Å². The number of aromatic nitrogens is 4. The zero-order valence-electron chi connectivity index (χ0n) is 20.0. The van der Waals surface area contributed by atoms with Gasteiger partial charge in [-0.15, -0.1) is 10.2 Å². The Balaban J connectivity index is 1.62. The Bertz CT molecular complexity index is 1780. The summed E-state index contributed by atoms with van der Waals surface area (Å²) < 4.78 is 1.17. The molecule has 0 spiro atoms. The topological polar surface area (TPSA) is 204 Å². The van der Waals surface area contributed by atoms with Crippen molar-refractivity contribution >= 4 is 45.7 Å². The number of hydrogen-bond donors (Lipinski definition) is 4. The van der Waals surface area contributed by atoms with E-state index >= 15 is 0 Å². The van der Waals surface area contributed by atoms with Crippen molar-refractivity contribution in [3.05, 3.63) is 95.9 Å². The van der Waals surface area contributed by atoms with E-state index in [0.717, 1.165) is 0 Å². The fraction of sp³-hybridized carbons (Fsp3) is 0. The van der Waals surface area contributed by atoms with Crippen LogP contribution in [0, 0.1) is 0 Å². The van der Waals surface area contributed by atoms with Crippen molar-refractivity contribution in [1.29, 1.82) is 0 Å². The molecule has 0 aliphatic rings. The molecule has 0 saturated carbocycles. The van der Waals surface area contributed by atoms with Crippen LogP contribution in [0.5, 0.6) is 5.75 Å². The first-order chi connectivity index (χ1) is 18.8. The van der Waals surface area contributed by atoms with Crippen LogP contribution in [0.25, 0.3) is 16.7 Å². The van der Waals surface area contributed by atoms with Gasteiger partial charge in [0.05, 0.1) is 23.0 Å². The van der Waals surface area contributed by atoms with E-state index in [0.29, 0.717) is 10.8 Å². The van der Waals surface area contributed by atoms with Crippen molar-refractivity contribution in [3.8, 4) is 11.7 Å². The first kappa shape index (κ1) is 24.7. The van der Waals surface area contributed by atoms with Gasteiger partial charge in [-0.2, -0.15) is 9.78 Å². The molecule has 2 aromatic heterocycles. The van der Waals surface area contributed by atoms with Crippen LogP contribution in [0.15, 0.2) is 89.5 Å². The maximum absolute atomic E-state index is 13.2.